The van der Waals surface area contributed by atoms with Crippen LogP contribution in [0, 0.1) is 11.8 Å². The predicted molar refractivity (Wildman–Crippen MR) is 110 cm³/mol. The Hall–Kier alpha value is -0.180. The third-order valence-corrected chi connectivity index (χ3v) is 15.5. The summed E-state index contributed by atoms with van der Waals surface area (Å²) in [4.78, 5) is 13.1. The number of aliphatic hydroxyl groups is 1. The van der Waals surface area contributed by atoms with Crippen LogP contribution in [-0.2, 0) is 4.79 Å². The first-order valence-corrected chi connectivity index (χ1v) is 13.6. The van der Waals surface area contributed by atoms with Gasteiger partial charge in [0.1, 0.15) is 0 Å². The Balaban J connectivity index is 2.45. The van der Waals surface area contributed by atoms with Crippen molar-refractivity contribution in [2.24, 2.45) is 23.3 Å². The fraction of sp³-hybridized carbons (Fsp3) is 0.562. The second-order valence-corrected chi connectivity index (χ2v) is 13.3. The molecule has 3 fully saturated rings. The van der Waals surface area contributed by atoms with E-state index in [-0.39, 0.29) is 17.6 Å². The van der Waals surface area contributed by atoms with Gasteiger partial charge < -0.3 is 16.6 Å². The molecule has 3 saturated carbocycles. The molecule has 2 bridgehead atoms. The molecule has 0 radical (unpaired) electrons. The van der Waals surface area contributed by atoms with Crippen molar-refractivity contribution in [3.63, 3.8) is 0 Å². The summed E-state index contributed by atoms with van der Waals surface area (Å²) in [5, 5.41) is 11.0. The summed E-state index contributed by atoms with van der Waals surface area (Å²) in [6, 6.07) is 0. The number of rotatable bonds is 2. The van der Waals surface area contributed by atoms with Crippen molar-refractivity contribution in [1.29, 1.82) is 0 Å². The summed E-state index contributed by atoms with van der Waals surface area (Å²) in [7, 11) is 0. The Morgan fingerprint density at radius 1 is 1.36 bits per heavy atom. The van der Waals surface area contributed by atoms with Crippen LogP contribution >= 0.6 is 39.6 Å². The van der Waals surface area contributed by atoms with Crippen LogP contribution in [0.2, 0.25) is 0 Å². The molecule has 3 rings (SSSR count). The van der Waals surface area contributed by atoms with E-state index in [2.05, 4.69) is 19.3 Å². The fourth-order valence-corrected chi connectivity index (χ4v) is 15.9. The number of carbonyl (C=O) groups is 1. The van der Waals surface area contributed by atoms with Crippen LogP contribution in [0.5, 0.6) is 0 Å². The molecule has 5 atom stereocenters. The van der Waals surface area contributed by atoms with Crippen LogP contribution in [0.15, 0.2) is 18.0 Å². The summed E-state index contributed by atoms with van der Waals surface area (Å²) >= 11 is -2.82. The van der Waals surface area contributed by atoms with Crippen molar-refractivity contribution < 1.29 is 9.90 Å². The quantitative estimate of drug-likeness (QED) is 0.373. The zero-order valence-electron chi connectivity index (χ0n) is 12.4. The predicted octanol–water partition coefficient (Wildman–Crippen LogP) is 1.28. The molecule has 0 unspecified atom stereocenters. The number of alkyl halides is 2. The number of halogens is 2. The number of Topliss-reactive ketones (excluding diaryl/α,β-unsaturated/α-hetero) is 1. The lowest BCUT2D eigenvalue weighted by Crippen LogP contribution is -2.65. The van der Waals surface area contributed by atoms with E-state index in [1.54, 1.807) is 0 Å². The summed E-state index contributed by atoms with van der Waals surface area (Å²) in [5.41, 5.74) is 13.0. The number of allylic oxidation sites excluding steroid dienone is 1. The van der Waals surface area contributed by atoms with Crippen molar-refractivity contribution >= 4 is 58.1 Å². The first kappa shape index (κ1) is 16.7. The maximum Gasteiger partial charge on any atom is 0.150 e. The van der Waals surface area contributed by atoms with Gasteiger partial charge in [-0.2, -0.15) is 0 Å². The molecule has 0 aromatic carbocycles. The Kier molecular flexibility index (Phi) is 4.11. The maximum absolute atomic E-state index is 13.1. The summed E-state index contributed by atoms with van der Waals surface area (Å²) in [5.74, 6) is 0.726. The molecule has 0 spiro atoms. The highest BCUT2D eigenvalue weighted by atomic mass is 127. The molecule has 22 heavy (non-hydrogen) atoms. The zero-order valence-corrected chi connectivity index (χ0v) is 16.8. The number of nitrogens with two attached hydrogens (primary N) is 2. The lowest BCUT2D eigenvalue weighted by atomic mass is 9.68. The Labute approximate surface area is 147 Å². The van der Waals surface area contributed by atoms with Gasteiger partial charge >= 0.3 is 0 Å². The zero-order chi connectivity index (χ0) is 16.3. The van der Waals surface area contributed by atoms with Crippen LogP contribution in [0.3, 0.4) is 0 Å². The Bertz CT molecular complexity index is 699. The van der Waals surface area contributed by atoms with Crippen LogP contribution in [-0.4, -0.2) is 36.5 Å². The number of ketones is 1. The van der Waals surface area contributed by atoms with Gasteiger partial charge in [-0.1, -0.05) is 34.5 Å². The molecule has 0 heterocycles. The second kappa shape index (κ2) is 5.43. The van der Waals surface area contributed by atoms with Crippen molar-refractivity contribution in [1.82, 2.24) is 0 Å². The minimum Gasteiger partial charge on any atom is -0.392 e. The van der Waals surface area contributed by atoms with Crippen molar-refractivity contribution in [2.45, 2.75) is 38.6 Å². The minimum atomic E-state index is -2.14. The normalized spacial score (nSPS) is 43.3. The molecular weight excluding hydrogens is 506 g/mol. The van der Waals surface area contributed by atoms with E-state index in [0.29, 0.717) is 18.7 Å². The van der Waals surface area contributed by atoms with Crippen LogP contribution in [0.1, 0.15) is 25.7 Å². The van der Waals surface area contributed by atoms with Crippen molar-refractivity contribution in [3.8, 4) is 0 Å². The molecular formula is C16H22I2N2O2. The van der Waals surface area contributed by atoms with E-state index >= 15 is 0 Å². The maximum atomic E-state index is 13.1. The van der Waals surface area contributed by atoms with Crippen molar-refractivity contribution in [2.75, 3.05) is 0 Å². The van der Waals surface area contributed by atoms with Gasteiger partial charge in [-0.3, -0.25) is 4.79 Å². The van der Waals surface area contributed by atoms with Crippen LogP contribution < -0.4 is 11.5 Å². The van der Waals surface area contributed by atoms with E-state index < -0.39 is 52.5 Å². The largest absolute Gasteiger partial charge is 0.392 e. The number of aliphatic hydroxyl groups excluding tert-OH is 1. The smallest absolute Gasteiger partial charge is 0.150 e. The Morgan fingerprint density at radius 3 is 2.55 bits per heavy atom. The van der Waals surface area contributed by atoms with Crippen LogP contribution in [0.4, 0.5) is 0 Å². The third kappa shape index (κ3) is 1.62. The standard InChI is InChI=1S/C16H22I2N2O2/c1-4-18(3)16-10-6-5-9(13(10)14(19)20)15(16,17-2)11(21)7-8-12(16)22/h9-10,12,22H,1-3,5-8,19-20H2/t9-,10+,12-,15-,16-/m0/s1. The van der Waals surface area contributed by atoms with Gasteiger partial charge in [0.25, 0.3) is 0 Å². The van der Waals surface area contributed by atoms with Crippen molar-refractivity contribution in [3.05, 3.63) is 18.0 Å². The molecule has 0 amide bonds. The highest BCUT2D eigenvalue weighted by Gasteiger charge is 2.76. The molecule has 0 aromatic heterocycles. The van der Waals surface area contributed by atoms with Gasteiger partial charge in [0.05, 0.1) is 18.8 Å². The van der Waals surface area contributed by atoms with E-state index in [0.717, 1.165) is 18.4 Å². The molecule has 0 aromatic rings. The fourth-order valence-electron chi connectivity index (χ4n) is 5.06. The second-order valence-electron chi connectivity index (χ2n) is 6.18. The number of hydrogen-bond acceptors (Lipinski definition) is 4. The highest BCUT2D eigenvalue weighted by Crippen LogP contribution is 2.74. The number of carbonyl (C=O) groups excluding carboxylic acids is 1. The molecule has 3 aliphatic rings. The van der Waals surface area contributed by atoms with E-state index in [9.17, 15) is 9.90 Å². The van der Waals surface area contributed by atoms with Gasteiger partial charge in [0.15, 0.2) is 5.78 Å². The van der Waals surface area contributed by atoms with Crippen LogP contribution in [0.25, 0.3) is 0 Å². The molecule has 5 N–H and O–H groups in total. The summed E-state index contributed by atoms with van der Waals surface area (Å²) in [6.07, 6.45) is 2.26. The van der Waals surface area contributed by atoms with Gasteiger partial charge in [0.2, 0.25) is 0 Å². The first-order valence-electron chi connectivity index (χ1n) is 7.27. The van der Waals surface area contributed by atoms with E-state index in [4.69, 9.17) is 11.5 Å². The number of hydrogen-bond donors (Lipinski definition) is 3. The monoisotopic (exact) mass is 528 g/mol. The minimum absolute atomic E-state index is 0.0603. The Morgan fingerprint density at radius 2 is 2.00 bits per heavy atom. The molecule has 4 nitrogen and oxygen atoms in total. The summed E-state index contributed by atoms with van der Waals surface area (Å²) in [6.45, 7) is 3.84. The topological polar surface area (TPSA) is 89.3 Å². The van der Waals surface area contributed by atoms with Gasteiger partial charge in [-0.05, 0) is 24.8 Å². The molecule has 122 valence electrons. The third-order valence-electron chi connectivity index (χ3n) is 5.66. The highest BCUT2D eigenvalue weighted by molar-refractivity contribution is 14.2. The molecule has 0 saturated heterocycles. The van der Waals surface area contributed by atoms with Gasteiger partial charge in [-0.15, -0.1) is 24.4 Å². The lowest BCUT2D eigenvalue weighted by molar-refractivity contribution is -0.127. The van der Waals surface area contributed by atoms with Gasteiger partial charge in [0, 0.05) is 18.3 Å². The average molecular weight is 528 g/mol. The molecule has 0 aliphatic heterocycles. The SMILES string of the molecule is C=C=I(=C)[C@]12[C@@H]3CC[C@@H](C3=C(N)N)[C@]1(I=C)C(=O)CC[C@@H]2O. The van der Waals surface area contributed by atoms with Gasteiger partial charge in [-0.25, -0.2) is 0 Å². The first-order chi connectivity index (χ1) is 10.4. The molecule has 3 aliphatic carbocycles. The lowest BCUT2D eigenvalue weighted by Gasteiger charge is -2.54. The molecule has 6 heteroatoms. The number of fused-ring (bicyclic) bond motifs is 5. The van der Waals surface area contributed by atoms with E-state index in [1.165, 1.54) is 0 Å². The summed E-state index contributed by atoms with van der Waals surface area (Å²) < 4.78 is 10.6. The average Bonchev–Trinajstić information content (AvgIpc) is 3.04. The van der Waals surface area contributed by atoms with E-state index in [1.807, 2.05) is 0 Å².